The minimum absolute atomic E-state index is 0.340. The van der Waals surface area contributed by atoms with E-state index in [1.165, 1.54) is 7.11 Å². The van der Waals surface area contributed by atoms with Crippen LogP contribution in [0.4, 0.5) is 0 Å². The number of ether oxygens (including phenoxy) is 1. The lowest BCUT2D eigenvalue weighted by Gasteiger charge is -2.03. The van der Waals surface area contributed by atoms with Crippen LogP contribution >= 0.6 is 0 Å². The van der Waals surface area contributed by atoms with Gasteiger partial charge in [-0.15, -0.1) is 6.42 Å². The van der Waals surface area contributed by atoms with E-state index in [9.17, 15) is 4.79 Å². The van der Waals surface area contributed by atoms with Crippen molar-refractivity contribution in [3.8, 4) is 12.3 Å². The SMILES string of the molecule is C#Cc1cccc2cc(C(=O)OC)ccc12. The van der Waals surface area contributed by atoms with Gasteiger partial charge in [0.05, 0.1) is 12.7 Å². The number of hydrogen-bond donors (Lipinski definition) is 0. The number of methoxy groups -OCH3 is 1. The number of rotatable bonds is 1. The Balaban J connectivity index is 2.65. The van der Waals surface area contributed by atoms with Crippen molar-refractivity contribution in [3.63, 3.8) is 0 Å². The fraction of sp³-hybridized carbons (Fsp3) is 0.0714. The Labute approximate surface area is 93.8 Å². The van der Waals surface area contributed by atoms with E-state index >= 15 is 0 Å². The lowest BCUT2D eigenvalue weighted by molar-refractivity contribution is 0.0601. The van der Waals surface area contributed by atoms with Gasteiger partial charge in [-0.2, -0.15) is 0 Å². The van der Waals surface area contributed by atoms with Crippen LogP contribution in [0.5, 0.6) is 0 Å². The first-order chi connectivity index (χ1) is 7.76. The van der Waals surface area contributed by atoms with Crippen molar-refractivity contribution in [1.82, 2.24) is 0 Å². The van der Waals surface area contributed by atoms with E-state index in [2.05, 4.69) is 10.7 Å². The van der Waals surface area contributed by atoms with Crippen molar-refractivity contribution in [2.75, 3.05) is 7.11 Å². The van der Waals surface area contributed by atoms with Crippen molar-refractivity contribution in [3.05, 3.63) is 47.5 Å². The van der Waals surface area contributed by atoms with Crippen LogP contribution in [-0.4, -0.2) is 13.1 Å². The minimum Gasteiger partial charge on any atom is -0.465 e. The number of terminal acetylenes is 1. The molecule has 78 valence electrons. The first-order valence-corrected chi connectivity index (χ1v) is 4.84. The van der Waals surface area contributed by atoms with Crippen LogP contribution in [0.3, 0.4) is 0 Å². The molecule has 16 heavy (non-hydrogen) atoms. The second kappa shape index (κ2) is 4.08. The Morgan fingerprint density at radius 1 is 1.31 bits per heavy atom. The molecule has 0 saturated carbocycles. The Hall–Kier alpha value is -2.27. The molecule has 2 heteroatoms. The third kappa shape index (κ3) is 1.64. The first-order valence-electron chi connectivity index (χ1n) is 4.84. The number of carbonyl (C=O) groups excluding carboxylic acids is 1. The summed E-state index contributed by atoms with van der Waals surface area (Å²) in [6.45, 7) is 0. The van der Waals surface area contributed by atoms with Crippen LogP contribution in [0.25, 0.3) is 10.8 Å². The van der Waals surface area contributed by atoms with E-state index < -0.39 is 0 Å². The van der Waals surface area contributed by atoms with E-state index in [1.54, 1.807) is 12.1 Å². The van der Waals surface area contributed by atoms with Crippen molar-refractivity contribution in [2.24, 2.45) is 0 Å². The van der Waals surface area contributed by atoms with Gasteiger partial charge < -0.3 is 4.74 Å². The monoisotopic (exact) mass is 210 g/mol. The normalized spacial score (nSPS) is 9.75. The Morgan fingerprint density at radius 3 is 2.81 bits per heavy atom. The van der Waals surface area contributed by atoms with Crippen LogP contribution in [0.15, 0.2) is 36.4 Å². The zero-order valence-electron chi connectivity index (χ0n) is 8.86. The predicted molar refractivity (Wildman–Crippen MR) is 63.2 cm³/mol. The molecule has 0 atom stereocenters. The largest absolute Gasteiger partial charge is 0.465 e. The molecule has 0 fully saturated rings. The third-order valence-corrected chi connectivity index (χ3v) is 2.46. The van der Waals surface area contributed by atoms with Gasteiger partial charge in [0.15, 0.2) is 0 Å². The second-order valence-corrected chi connectivity index (χ2v) is 3.38. The highest BCUT2D eigenvalue weighted by molar-refractivity contribution is 5.97. The molecule has 0 radical (unpaired) electrons. The molecule has 2 aromatic rings. The van der Waals surface area contributed by atoms with Crippen LogP contribution in [0, 0.1) is 12.3 Å². The maximum Gasteiger partial charge on any atom is 0.337 e. The number of esters is 1. The summed E-state index contributed by atoms with van der Waals surface area (Å²) in [5.41, 5.74) is 1.36. The lowest BCUT2D eigenvalue weighted by atomic mass is 10.0. The molecule has 0 bridgehead atoms. The van der Waals surface area contributed by atoms with Gasteiger partial charge in [0.1, 0.15) is 0 Å². The molecule has 0 spiro atoms. The Morgan fingerprint density at radius 2 is 2.12 bits per heavy atom. The first kappa shape index (κ1) is 10.3. The molecule has 0 heterocycles. The van der Waals surface area contributed by atoms with Crippen molar-refractivity contribution in [1.29, 1.82) is 0 Å². The zero-order chi connectivity index (χ0) is 11.5. The minimum atomic E-state index is -0.340. The summed E-state index contributed by atoms with van der Waals surface area (Å²) in [4.78, 5) is 11.3. The van der Waals surface area contributed by atoms with Gasteiger partial charge in [0, 0.05) is 5.56 Å². The number of benzene rings is 2. The molecule has 2 aromatic carbocycles. The molecule has 0 aliphatic carbocycles. The van der Waals surface area contributed by atoms with Crippen molar-refractivity contribution >= 4 is 16.7 Å². The van der Waals surface area contributed by atoms with Crippen LogP contribution in [0.1, 0.15) is 15.9 Å². The van der Waals surface area contributed by atoms with Crippen LogP contribution < -0.4 is 0 Å². The van der Waals surface area contributed by atoms with Gasteiger partial charge in [-0.25, -0.2) is 4.79 Å². The highest BCUT2D eigenvalue weighted by Crippen LogP contribution is 2.20. The maximum atomic E-state index is 11.3. The summed E-state index contributed by atoms with van der Waals surface area (Å²) in [6, 6.07) is 11.0. The van der Waals surface area contributed by atoms with Crippen LogP contribution in [-0.2, 0) is 4.74 Å². The van der Waals surface area contributed by atoms with Gasteiger partial charge in [-0.3, -0.25) is 0 Å². The van der Waals surface area contributed by atoms with Gasteiger partial charge in [-0.05, 0) is 29.0 Å². The summed E-state index contributed by atoms with van der Waals surface area (Å²) in [6.07, 6.45) is 5.40. The zero-order valence-corrected chi connectivity index (χ0v) is 8.86. The molecule has 2 rings (SSSR count). The number of carbonyl (C=O) groups is 1. The average molecular weight is 210 g/mol. The number of fused-ring (bicyclic) bond motifs is 1. The summed E-state index contributed by atoms with van der Waals surface area (Å²) in [5, 5.41) is 1.91. The number of hydrogen-bond acceptors (Lipinski definition) is 2. The third-order valence-electron chi connectivity index (χ3n) is 2.46. The highest BCUT2D eigenvalue weighted by atomic mass is 16.5. The van der Waals surface area contributed by atoms with Crippen molar-refractivity contribution < 1.29 is 9.53 Å². The van der Waals surface area contributed by atoms with E-state index in [0.29, 0.717) is 5.56 Å². The molecule has 0 N–H and O–H groups in total. The molecule has 0 aromatic heterocycles. The fourth-order valence-corrected chi connectivity index (χ4v) is 1.65. The van der Waals surface area contributed by atoms with E-state index in [-0.39, 0.29) is 5.97 Å². The van der Waals surface area contributed by atoms with Gasteiger partial charge in [0.25, 0.3) is 0 Å². The van der Waals surface area contributed by atoms with E-state index in [1.807, 2.05) is 24.3 Å². The van der Waals surface area contributed by atoms with E-state index in [4.69, 9.17) is 6.42 Å². The lowest BCUT2D eigenvalue weighted by Crippen LogP contribution is -2.00. The molecular weight excluding hydrogens is 200 g/mol. The summed E-state index contributed by atoms with van der Waals surface area (Å²) in [5.74, 6) is 2.28. The predicted octanol–water partition coefficient (Wildman–Crippen LogP) is 2.61. The van der Waals surface area contributed by atoms with Gasteiger partial charge in [-0.1, -0.05) is 24.1 Å². The fourth-order valence-electron chi connectivity index (χ4n) is 1.65. The topological polar surface area (TPSA) is 26.3 Å². The quantitative estimate of drug-likeness (QED) is 0.534. The molecule has 0 saturated heterocycles. The Bertz CT molecular complexity index is 591. The van der Waals surface area contributed by atoms with Gasteiger partial charge >= 0.3 is 5.97 Å². The van der Waals surface area contributed by atoms with Crippen LogP contribution in [0.2, 0.25) is 0 Å². The standard InChI is InChI=1S/C14H10O2/c1-3-10-5-4-6-11-9-12(14(15)16-2)7-8-13(10)11/h1,4-9H,2H3. The average Bonchev–Trinajstić information content (AvgIpc) is 2.36. The summed E-state index contributed by atoms with van der Waals surface area (Å²) >= 11 is 0. The smallest absolute Gasteiger partial charge is 0.337 e. The summed E-state index contributed by atoms with van der Waals surface area (Å²) < 4.78 is 4.66. The maximum absolute atomic E-state index is 11.3. The Kier molecular flexibility index (Phi) is 2.61. The molecular formula is C14H10O2. The van der Waals surface area contributed by atoms with E-state index in [0.717, 1.165) is 16.3 Å². The molecule has 0 aliphatic heterocycles. The highest BCUT2D eigenvalue weighted by Gasteiger charge is 2.06. The summed E-state index contributed by atoms with van der Waals surface area (Å²) in [7, 11) is 1.37. The molecule has 0 unspecified atom stereocenters. The molecule has 2 nitrogen and oxygen atoms in total. The molecule has 0 amide bonds. The molecule has 0 aliphatic rings. The second-order valence-electron chi connectivity index (χ2n) is 3.38. The van der Waals surface area contributed by atoms with Crippen molar-refractivity contribution in [2.45, 2.75) is 0 Å². The van der Waals surface area contributed by atoms with Gasteiger partial charge in [0.2, 0.25) is 0 Å².